The molecule has 1 saturated heterocycles. The average Bonchev–Trinajstić information content (AvgIpc) is 2.59. The minimum atomic E-state index is 0.0694. The number of ketones is 1. The predicted octanol–water partition coefficient (Wildman–Crippen LogP) is 3.51. The first-order chi connectivity index (χ1) is 11.6. The van der Waals surface area contributed by atoms with Crippen molar-refractivity contribution in [2.45, 2.75) is 18.9 Å². The molecule has 0 saturated carbocycles. The van der Waals surface area contributed by atoms with Gasteiger partial charge in [-0.2, -0.15) is 0 Å². The Bertz CT molecular complexity index is 715. The summed E-state index contributed by atoms with van der Waals surface area (Å²) in [6, 6.07) is 9.61. The second-order valence-electron chi connectivity index (χ2n) is 5.80. The van der Waals surface area contributed by atoms with E-state index in [0.29, 0.717) is 18.0 Å². The Morgan fingerprint density at radius 2 is 2.21 bits per heavy atom. The van der Waals surface area contributed by atoms with Crippen LogP contribution in [0, 0.1) is 0 Å². The molecule has 6 heteroatoms. The molecule has 3 rings (SSSR count). The van der Waals surface area contributed by atoms with E-state index in [1.807, 2.05) is 24.3 Å². The van der Waals surface area contributed by atoms with Gasteiger partial charge in [-0.1, -0.05) is 45.7 Å². The Morgan fingerprint density at radius 1 is 1.33 bits per heavy atom. The molecular weight excluding hydrogens is 392 g/mol. The molecule has 0 spiro atoms. The van der Waals surface area contributed by atoms with E-state index in [-0.39, 0.29) is 11.9 Å². The lowest BCUT2D eigenvalue weighted by Crippen LogP contribution is -2.33. The molecule has 2 aromatic rings. The van der Waals surface area contributed by atoms with Crippen LogP contribution in [0.3, 0.4) is 0 Å². The monoisotopic (exact) mass is 408 g/mol. The first-order valence-corrected chi connectivity index (χ1v) is 9.01. The molecule has 24 heavy (non-hydrogen) atoms. The molecule has 126 valence electrons. The third kappa shape index (κ3) is 4.63. The molecule has 4 nitrogen and oxygen atoms in total. The quantitative estimate of drug-likeness (QED) is 0.768. The van der Waals surface area contributed by atoms with Crippen LogP contribution in [-0.4, -0.2) is 30.5 Å². The average molecular weight is 410 g/mol. The van der Waals surface area contributed by atoms with Crippen molar-refractivity contribution in [3.63, 3.8) is 0 Å². The van der Waals surface area contributed by atoms with Gasteiger partial charge in [-0.05, 0) is 28.8 Å². The van der Waals surface area contributed by atoms with Gasteiger partial charge in [-0.15, -0.1) is 0 Å². The normalized spacial score (nSPS) is 17.7. The molecule has 1 aliphatic heterocycles. The van der Waals surface area contributed by atoms with Gasteiger partial charge in [-0.25, -0.2) is 4.98 Å². The summed E-state index contributed by atoms with van der Waals surface area (Å²) in [7, 11) is 0. The van der Waals surface area contributed by atoms with Gasteiger partial charge in [0.25, 0.3) is 0 Å². The van der Waals surface area contributed by atoms with Crippen molar-refractivity contribution < 1.29 is 9.53 Å². The number of pyridine rings is 1. The van der Waals surface area contributed by atoms with Crippen molar-refractivity contribution in [3.8, 4) is 0 Å². The highest BCUT2D eigenvalue weighted by molar-refractivity contribution is 9.10. The van der Waals surface area contributed by atoms with Gasteiger partial charge in [-0.3, -0.25) is 4.79 Å². The van der Waals surface area contributed by atoms with E-state index in [1.165, 1.54) is 0 Å². The number of nitrogens with one attached hydrogen (secondary N) is 1. The van der Waals surface area contributed by atoms with Crippen molar-refractivity contribution in [3.05, 3.63) is 62.8 Å². The molecule has 1 N–H and O–H groups in total. The van der Waals surface area contributed by atoms with Crippen molar-refractivity contribution in [2.75, 3.05) is 19.7 Å². The van der Waals surface area contributed by atoms with E-state index in [9.17, 15) is 4.79 Å². The van der Waals surface area contributed by atoms with E-state index in [4.69, 9.17) is 16.3 Å². The Hall–Kier alpha value is -1.27. The lowest BCUT2D eigenvalue weighted by atomic mass is 10.0. The summed E-state index contributed by atoms with van der Waals surface area (Å²) in [6.07, 6.45) is 2.45. The van der Waals surface area contributed by atoms with Gasteiger partial charge in [0.05, 0.1) is 12.7 Å². The van der Waals surface area contributed by atoms with Gasteiger partial charge in [0.2, 0.25) is 0 Å². The summed E-state index contributed by atoms with van der Waals surface area (Å²) in [6.45, 7) is 2.43. The minimum Gasteiger partial charge on any atom is -0.371 e. The standard InChI is InChI=1S/C18H18BrClN2O2/c19-16-9-14(17-11-21-5-6-24-17)3-2-13(16)8-15(23)7-12-1-4-18(20)22-10-12/h1-4,9-10,17,21H,5-8,11H2/t17-/m0/s1. The molecule has 0 aliphatic carbocycles. The fourth-order valence-corrected chi connectivity index (χ4v) is 3.35. The van der Waals surface area contributed by atoms with E-state index in [1.54, 1.807) is 12.3 Å². The number of Topliss-reactive ketones (excluding diaryl/α,β-unsaturated/α-hetero) is 1. The molecule has 2 heterocycles. The number of nitrogens with zero attached hydrogens (tertiary/aromatic N) is 1. The third-order valence-corrected chi connectivity index (χ3v) is 4.92. The fourth-order valence-electron chi connectivity index (χ4n) is 2.70. The molecule has 1 aromatic heterocycles. The lowest BCUT2D eigenvalue weighted by molar-refractivity contribution is -0.117. The molecule has 0 unspecified atom stereocenters. The van der Waals surface area contributed by atoms with Gasteiger partial charge in [0.1, 0.15) is 10.9 Å². The maximum atomic E-state index is 12.3. The van der Waals surface area contributed by atoms with E-state index >= 15 is 0 Å². The minimum absolute atomic E-state index is 0.0694. The van der Waals surface area contributed by atoms with Crippen molar-refractivity contribution >= 4 is 33.3 Å². The zero-order valence-corrected chi connectivity index (χ0v) is 15.4. The van der Waals surface area contributed by atoms with E-state index in [0.717, 1.165) is 40.9 Å². The van der Waals surface area contributed by atoms with E-state index in [2.05, 4.69) is 26.2 Å². The molecular formula is C18H18BrClN2O2. The number of carbonyl (C=O) groups excluding carboxylic acids is 1. The van der Waals surface area contributed by atoms with Crippen LogP contribution in [0.15, 0.2) is 41.0 Å². The fraction of sp³-hybridized carbons (Fsp3) is 0.333. The van der Waals surface area contributed by atoms with Gasteiger partial charge in [0, 0.05) is 36.6 Å². The molecule has 0 radical (unpaired) electrons. The smallest absolute Gasteiger partial charge is 0.141 e. The topological polar surface area (TPSA) is 51.2 Å². The van der Waals surface area contributed by atoms with Crippen LogP contribution in [0.1, 0.15) is 22.8 Å². The number of benzene rings is 1. The van der Waals surface area contributed by atoms with Gasteiger partial charge in [0.15, 0.2) is 0 Å². The molecule has 1 aliphatic rings. The Morgan fingerprint density at radius 3 is 2.88 bits per heavy atom. The Labute approximate surface area is 154 Å². The van der Waals surface area contributed by atoms with Gasteiger partial charge < -0.3 is 10.1 Å². The maximum absolute atomic E-state index is 12.3. The summed E-state index contributed by atoms with van der Waals surface area (Å²) < 4.78 is 6.70. The number of hydrogen-bond donors (Lipinski definition) is 1. The van der Waals surface area contributed by atoms with Crippen LogP contribution in [-0.2, 0) is 22.4 Å². The highest BCUT2D eigenvalue weighted by atomic mass is 79.9. The highest BCUT2D eigenvalue weighted by Gasteiger charge is 2.17. The number of hydrogen-bond acceptors (Lipinski definition) is 4. The zero-order valence-electron chi connectivity index (χ0n) is 13.1. The number of ether oxygens (including phenoxy) is 1. The predicted molar refractivity (Wildman–Crippen MR) is 97.4 cm³/mol. The number of halogens is 2. The number of morpholine rings is 1. The van der Waals surface area contributed by atoms with E-state index < -0.39 is 0 Å². The molecule has 1 fully saturated rings. The number of rotatable bonds is 5. The lowest BCUT2D eigenvalue weighted by Gasteiger charge is -2.24. The molecule has 0 amide bonds. The molecule has 1 aromatic carbocycles. The highest BCUT2D eigenvalue weighted by Crippen LogP contribution is 2.26. The molecule has 1 atom stereocenters. The summed E-state index contributed by atoms with van der Waals surface area (Å²) >= 11 is 9.34. The summed E-state index contributed by atoms with van der Waals surface area (Å²) in [5.41, 5.74) is 2.97. The Kier molecular flexibility index (Phi) is 6.00. The second kappa shape index (κ2) is 8.21. The molecule has 0 bridgehead atoms. The van der Waals surface area contributed by atoms with Gasteiger partial charge >= 0.3 is 0 Å². The van der Waals surface area contributed by atoms with Crippen LogP contribution in [0.4, 0.5) is 0 Å². The van der Waals surface area contributed by atoms with Crippen LogP contribution < -0.4 is 5.32 Å². The van der Waals surface area contributed by atoms with Crippen LogP contribution in [0.25, 0.3) is 0 Å². The summed E-state index contributed by atoms with van der Waals surface area (Å²) in [5.74, 6) is 0.142. The van der Waals surface area contributed by atoms with Crippen molar-refractivity contribution in [1.29, 1.82) is 0 Å². The summed E-state index contributed by atoms with van der Waals surface area (Å²) in [5, 5.41) is 3.76. The van der Waals surface area contributed by atoms with Crippen LogP contribution in [0.2, 0.25) is 5.15 Å². The first-order valence-electron chi connectivity index (χ1n) is 7.84. The zero-order chi connectivity index (χ0) is 16.9. The van der Waals surface area contributed by atoms with Crippen LogP contribution in [0.5, 0.6) is 0 Å². The second-order valence-corrected chi connectivity index (χ2v) is 7.04. The number of carbonyl (C=O) groups is 1. The van der Waals surface area contributed by atoms with Crippen molar-refractivity contribution in [2.24, 2.45) is 0 Å². The Balaban J connectivity index is 1.64. The largest absolute Gasteiger partial charge is 0.371 e. The third-order valence-electron chi connectivity index (χ3n) is 3.95. The van der Waals surface area contributed by atoms with Crippen molar-refractivity contribution in [1.82, 2.24) is 10.3 Å². The SMILES string of the molecule is O=C(Cc1ccc(Cl)nc1)Cc1ccc([C@@H]2CNCCO2)cc1Br. The first kappa shape index (κ1) is 17.5. The van der Waals surface area contributed by atoms with Crippen LogP contribution >= 0.6 is 27.5 Å². The number of aromatic nitrogens is 1. The summed E-state index contributed by atoms with van der Waals surface area (Å²) in [4.78, 5) is 16.3. The maximum Gasteiger partial charge on any atom is 0.141 e.